The fraction of sp³-hybridized carbons (Fsp3) is 0.600. The minimum absolute atomic E-state index is 0.107. The normalized spacial score (nSPS) is 19.7. The largest absolute Gasteiger partial charge is 0.377 e. The summed E-state index contributed by atoms with van der Waals surface area (Å²) < 4.78 is 6.73. The average molecular weight is 438 g/mol. The van der Waals surface area contributed by atoms with Crippen LogP contribution in [-0.4, -0.2) is 67.0 Å². The van der Waals surface area contributed by atoms with Crippen LogP contribution in [0, 0.1) is 6.92 Å². The Bertz CT molecular complexity index is 670. The van der Waals surface area contributed by atoms with Crippen LogP contribution < -0.4 is 5.32 Å². The molecule has 0 saturated carbocycles. The first-order valence-electron chi connectivity index (χ1n) is 9.69. The number of halogens is 1. The van der Waals surface area contributed by atoms with Gasteiger partial charge in [0, 0.05) is 36.4 Å². The third-order valence-electron chi connectivity index (χ3n) is 5.11. The maximum Gasteiger partial charge on any atom is 0.238 e. The third-order valence-corrected chi connectivity index (χ3v) is 6.00. The number of ether oxygens (including phenoxy) is 1. The molecule has 148 valence electrons. The van der Waals surface area contributed by atoms with E-state index >= 15 is 0 Å². The summed E-state index contributed by atoms with van der Waals surface area (Å²) in [4.78, 5) is 29.0. The van der Waals surface area contributed by atoms with Gasteiger partial charge in [0.05, 0.1) is 19.2 Å². The maximum absolute atomic E-state index is 12.6. The van der Waals surface area contributed by atoms with Crippen molar-refractivity contribution in [1.29, 1.82) is 0 Å². The molecule has 27 heavy (non-hydrogen) atoms. The van der Waals surface area contributed by atoms with Gasteiger partial charge in [-0.15, -0.1) is 0 Å². The standard InChI is InChI=1S/C20H28BrN3O3/c1-15-11-16(6-7-18(15)21)22-19(25)13-23(12-17-5-4-10-27-17)14-20(26)24-8-2-3-9-24/h6-7,11,17H,2-5,8-10,12-14H2,1H3,(H,22,25)/t17-/m0/s1. The number of hydrogen-bond acceptors (Lipinski definition) is 4. The first kappa shape index (κ1) is 20.3. The van der Waals surface area contributed by atoms with E-state index in [1.165, 1.54) is 0 Å². The highest BCUT2D eigenvalue weighted by Crippen LogP contribution is 2.20. The van der Waals surface area contributed by atoms with E-state index in [0.29, 0.717) is 6.54 Å². The Balaban J connectivity index is 1.59. The van der Waals surface area contributed by atoms with Crippen molar-refractivity contribution >= 4 is 33.4 Å². The van der Waals surface area contributed by atoms with Gasteiger partial charge in [0.2, 0.25) is 11.8 Å². The minimum atomic E-state index is -0.107. The van der Waals surface area contributed by atoms with Gasteiger partial charge in [0.25, 0.3) is 0 Å². The summed E-state index contributed by atoms with van der Waals surface area (Å²) in [6, 6.07) is 5.72. The molecule has 2 aliphatic heterocycles. The molecule has 0 aliphatic carbocycles. The number of rotatable bonds is 7. The second-order valence-electron chi connectivity index (χ2n) is 7.40. The van der Waals surface area contributed by atoms with Crippen molar-refractivity contribution in [2.75, 3.05) is 44.6 Å². The zero-order valence-electron chi connectivity index (χ0n) is 15.9. The van der Waals surface area contributed by atoms with Crippen LogP contribution >= 0.6 is 15.9 Å². The summed E-state index contributed by atoms with van der Waals surface area (Å²) in [6.45, 7) is 5.49. The zero-order valence-corrected chi connectivity index (χ0v) is 17.5. The van der Waals surface area contributed by atoms with Crippen LogP contribution in [0.1, 0.15) is 31.2 Å². The second kappa shape index (κ2) is 9.66. The van der Waals surface area contributed by atoms with Crippen LogP contribution in [-0.2, 0) is 14.3 Å². The molecule has 7 heteroatoms. The topological polar surface area (TPSA) is 61.9 Å². The van der Waals surface area contributed by atoms with Crippen molar-refractivity contribution in [3.05, 3.63) is 28.2 Å². The zero-order chi connectivity index (χ0) is 19.2. The van der Waals surface area contributed by atoms with Crippen molar-refractivity contribution in [2.24, 2.45) is 0 Å². The van der Waals surface area contributed by atoms with Crippen molar-refractivity contribution in [1.82, 2.24) is 9.80 Å². The Hall–Kier alpha value is -1.44. The van der Waals surface area contributed by atoms with E-state index in [0.717, 1.165) is 61.1 Å². The van der Waals surface area contributed by atoms with Crippen LogP contribution in [0.3, 0.4) is 0 Å². The second-order valence-corrected chi connectivity index (χ2v) is 8.26. The molecule has 2 amide bonds. The number of nitrogens with zero attached hydrogens (tertiary/aromatic N) is 2. The van der Waals surface area contributed by atoms with Gasteiger partial charge >= 0.3 is 0 Å². The van der Waals surface area contributed by atoms with Crippen LogP contribution in [0.4, 0.5) is 5.69 Å². The summed E-state index contributed by atoms with van der Waals surface area (Å²) >= 11 is 3.47. The van der Waals surface area contributed by atoms with Crippen LogP contribution in [0.5, 0.6) is 0 Å². The predicted molar refractivity (Wildman–Crippen MR) is 109 cm³/mol. The molecular weight excluding hydrogens is 410 g/mol. The highest BCUT2D eigenvalue weighted by molar-refractivity contribution is 9.10. The fourth-order valence-corrected chi connectivity index (χ4v) is 3.89. The molecule has 2 heterocycles. The van der Waals surface area contributed by atoms with Gasteiger partial charge in [-0.05, 0) is 56.4 Å². The van der Waals surface area contributed by atoms with E-state index in [-0.39, 0.29) is 31.0 Å². The van der Waals surface area contributed by atoms with Gasteiger partial charge in [0.15, 0.2) is 0 Å². The molecule has 2 saturated heterocycles. The summed E-state index contributed by atoms with van der Waals surface area (Å²) in [5, 5.41) is 2.94. The smallest absolute Gasteiger partial charge is 0.238 e. The summed E-state index contributed by atoms with van der Waals surface area (Å²) in [7, 11) is 0. The van der Waals surface area contributed by atoms with Crippen molar-refractivity contribution in [3.8, 4) is 0 Å². The molecule has 2 aliphatic rings. The Kier molecular flexibility index (Phi) is 7.26. The number of aryl methyl sites for hydroxylation is 1. The number of anilines is 1. The van der Waals surface area contributed by atoms with Gasteiger partial charge in [-0.2, -0.15) is 0 Å². The Labute approximate surface area is 169 Å². The summed E-state index contributed by atoms with van der Waals surface area (Å²) in [5.41, 5.74) is 1.83. The molecule has 0 spiro atoms. The highest BCUT2D eigenvalue weighted by Gasteiger charge is 2.25. The molecule has 1 atom stereocenters. The number of hydrogen-bond donors (Lipinski definition) is 1. The number of likely N-dealkylation sites (tertiary alicyclic amines) is 1. The Morgan fingerprint density at radius 2 is 2.04 bits per heavy atom. The van der Waals surface area contributed by atoms with Gasteiger partial charge in [-0.25, -0.2) is 0 Å². The molecule has 2 fully saturated rings. The van der Waals surface area contributed by atoms with Gasteiger partial charge in [-0.1, -0.05) is 15.9 Å². The lowest BCUT2D eigenvalue weighted by atomic mass is 10.2. The van der Waals surface area contributed by atoms with Crippen molar-refractivity contribution in [3.63, 3.8) is 0 Å². The molecule has 0 radical (unpaired) electrons. The number of amides is 2. The van der Waals surface area contributed by atoms with E-state index < -0.39 is 0 Å². The summed E-state index contributed by atoms with van der Waals surface area (Å²) in [6.07, 6.45) is 4.28. The monoisotopic (exact) mass is 437 g/mol. The predicted octanol–water partition coefficient (Wildman–Crippen LogP) is 2.80. The van der Waals surface area contributed by atoms with Gasteiger partial charge in [-0.3, -0.25) is 14.5 Å². The molecule has 6 nitrogen and oxygen atoms in total. The lowest BCUT2D eigenvalue weighted by molar-refractivity contribution is -0.132. The number of carbonyl (C=O) groups excluding carboxylic acids is 2. The van der Waals surface area contributed by atoms with Gasteiger partial charge in [0.1, 0.15) is 0 Å². The lowest BCUT2D eigenvalue weighted by Crippen LogP contribution is -2.45. The van der Waals surface area contributed by atoms with E-state index in [9.17, 15) is 9.59 Å². The van der Waals surface area contributed by atoms with E-state index in [1.807, 2.05) is 34.9 Å². The van der Waals surface area contributed by atoms with Crippen LogP contribution in [0.25, 0.3) is 0 Å². The molecule has 0 unspecified atom stereocenters. The van der Waals surface area contributed by atoms with E-state index in [1.54, 1.807) is 0 Å². The first-order chi connectivity index (χ1) is 13.0. The number of benzene rings is 1. The molecule has 0 aromatic heterocycles. The molecule has 3 rings (SSSR count). The Morgan fingerprint density at radius 3 is 2.70 bits per heavy atom. The molecule has 1 N–H and O–H groups in total. The lowest BCUT2D eigenvalue weighted by Gasteiger charge is -2.26. The first-order valence-corrected chi connectivity index (χ1v) is 10.5. The molecular formula is C20H28BrN3O3. The highest BCUT2D eigenvalue weighted by atomic mass is 79.9. The molecule has 0 bridgehead atoms. The SMILES string of the molecule is Cc1cc(NC(=O)CN(CC(=O)N2CCCC2)C[C@@H]2CCCO2)ccc1Br. The van der Waals surface area contributed by atoms with Crippen molar-refractivity contribution in [2.45, 2.75) is 38.7 Å². The van der Waals surface area contributed by atoms with E-state index in [2.05, 4.69) is 21.2 Å². The van der Waals surface area contributed by atoms with E-state index in [4.69, 9.17) is 4.74 Å². The molecule has 1 aromatic rings. The fourth-order valence-electron chi connectivity index (χ4n) is 3.65. The minimum Gasteiger partial charge on any atom is -0.377 e. The third kappa shape index (κ3) is 6.02. The molecule has 1 aromatic carbocycles. The van der Waals surface area contributed by atoms with Crippen LogP contribution in [0.15, 0.2) is 22.7 Å². The number of nitrogens with one attached hydrogen (secondary N) is 1. The van der Waals surface area contributed by atoms with Crippen LogP contribution in [0.2, 0.25) is 0 Å². The summed E-state index contributed by atoms with van der Waals surface area (Å²) in [5.74, 6) is 0.00160. The maximum atomic E-state index is 12.6. The number of carbonyl (C=O) groups is 2. The van der Waals surface area contributed by atoms with Gasteiger partial charge < -0.3 is 15.0 Å². The average Bonchev–Trinajstić information content (AvgIpc) is 3.31. The Morgan fingerprint density at radius 1 is 1.26 bits per heavy atom. The quantitative estimate of drug-likeness (QED) is 0.712. The van der Waals surface area contributed by atoms with Crippen molar-refractivity contribution < 1.29 is 14.3 Å².